The molecule has 0 saturated carbocycles. The number of nitrogens with zero attached hydrogens (tertiary/aromatic N) is 1. The first kappa shape index (κ1) is 17.4. The van der Waals surface area contributed by atoms with Gasteiger partial charge in [-0.1, -0.05) is 18.2 Å². The lowest BCUT2D eigenvalue weighted by Crippen LogP contribution is -2.44. The standard InChI is InChI=1S/C17H26N4O2/c18-9-10-19-17(23)14-5-4-11-21(13-14)12-8-16(22)20-15-6-2-1-3-7-15/h1-3,6-7,14H,4-5,8-13,18H2,(H,19,23)(H,20,22). The summed E-state index contributed by atoms with van der Waals surface area (Å²) in [5.74, 6) is 0.0901. The van der Waals surface area contributed by atoms with E-state index in [1.54, 1.807) is 0 Å². The number of likely N-dealkylation sites (tertiary alicyclic amines) is 1. The minimum absolute atomic E-state index is 0.00547. The summed E-state index contributed by atoms with van der Waals surface area (Å²) in [6, 6.07) is 9.45. The second-order valence-corrected chi connectivity index (χ2v) is 5.88. The minimum atomic E-state index is 0.00547. The summed E-state index contributed by atoms with van der Waals surface area (Å²) in [4.78, 5) is 26.2. The molecule has 1 aliphatic heterocycles. The molecule has 1 atom stereocenters. The van der Waals surface area contributed by atoms with Gasteiger partial charge in [0.05, 0.1) is 5.92 Å². The third-order valence-corrected chi connectivity index (χ3v) is 4.03. The predicted octanol–water partition coefficient (Wildman–Crippen LogP) is 0.802. The molecule has 1 aliphatic rings. The van der Waals surface area contributed by atoms with Crippen LogP contribution in [0.1, 0.15) is 19.3 Å². The maximum atomic E-state index is 12.0. The van der Waals surface area contributed by atoms with Crippen LogP contribution in [0.5, 0.6) is 0 Å². The van der Waals surface area contributed by atoms with Gasteiger partial charge in [-0.2, -0.15) is 0 Å². The van der Waals surface area contributed by atoms with Crippen molar-refractivity contribution >= 4 is 17.5 Å². The molecule has 1 fully saturated rings. The molecule has 6 nitrogen and oxygen atoms in total. The van der Waals surface area contributed by atoms with Gasteiger partial charge in [0.25, 0.3) is 0 Å². The van der Waals surface area contributed by atoms with E-state index >= 15 is 0 Å². The van der Waals surface area contributed by atoms with Gasteiger partial charge in [-0.05, 0) is 31.5 Å². The van der Waals surface area contributed by atoms with Crippen molar-refractivity contribution in [2.45, 2.75) is 19.3 Å². The zero-order valence-electron chi connectivity index (χ0n) is 13.5. The van der Waals surface area contributed by atoms with E-state index in [1.807, 2.05) is 30.3 Å². The van der Waals surface area contributed by atoms with Crippen molar-refractivity contribution in [1.82, 2.24) is 10.2 Å². The number of amides is 2. The Bertz CT molecular complexity index is 507. The van der Waals surface area contributed by atoms with Crippen LogP contribution in [-0.4, -0.2) is 49.4 Å². The van der Waals surface area contributed by atoms with Crippen LogP contribution < -0.4 is 16.4 Å². The fraction of sp³-hybridized carbons (Fsp3) is 0.529. The molecule has 1 aromatic carbocycles. The average Bonchev–Trinajstić information content (AvgIpc) is 2.59. The number of carbonyl (C=O) groups is 2. The summed E-state index contributed by atoms with van der Waals surface area (Å²) in [5, 5.41) is 5.73. The van der Waals surface area contributed by atoms with Gasteiger partial charge in [-0.3, -0.25) is 9.59 Å². The Labute approximate surface area is 137 Å². The van der Waals surface area contributed by atoms with Gasteiger partial charge in [0, 0.05) is 38.3 Å². The highest BCUT2D eigenvalue weighted by Crippen LogP contribution is 2.17. The number of para-hydroxylation sites is 1. The SMILES string of the molecule is NCCNC(=O)C1CCCN(CCC(=O)Nc2ccccc2)C1. The molecule has 1 heterocycles. The van der Waals surface area contributed by atoms with E-state index in [1.165, 1.54) is 0 Å². The van der Waals surface area contributed by atoms with Gasteiger partial charge < -0.3 is 21.3 Å². The van der Waals surface area contributed by atoms with Crippen molar-refractivity contribution in [3.8, 4) is 0 Å². The molecule has 1 unspecified atom stereocenters. The quantitative estimate of drug-likeness (QED) is 0.694. The summed E-state index contributed by atoms with van der Waals surface area (Å²) < 4.78 is 0. The zero-order valence-corrected chi connectivity index (χ0v) is 13.5. The van der Waals surface area contributed by atoms with Crippen molar-refractivity contribution < 1.29 is 9.59 Å². The molecule has 126 valence electrons. The molecule has 0 radical (unpaired) electrons. The molecule has 1 aromatic rings. The molecular weight excluding hydrogens is 292 g/mol. The Kier molecular flexibility index (Phi) is 7.03. The molecule has 0 aliphatic carbocycles. The van der Waals surface area contributed by atoms with Crippen molar-refractivity contribution in [2.75, 3.05) is 38.0 Å². The number of hydrogen-bond acceptors (Lipinski definition) is 4. The molecule has 0 bridgehead atoms. The fourth-order valence-corrected chi connectivity index (χ4v) is 2.82. The van der Waals surface area contributed by atoms with E-state index in [-0.39, 0.29) is 17.7 Å². The normalized spacial score (nSPS) is 18.4. The highest BCUT2D eigenvalue weighted by molar-refractivity contribution is 5.90. The van der Waals surface area contributed by atoms with E-state index in [0.29, 0.717) is 26.1 Å². The van der Waals surface area contributed by atoms with E-state index in [2.05, 4.69) is 15.5 Å². The van der Waals surface area contributed by atoms with Gasteiger partial charge >= 0.3 is 0 Å². The van der Waals surface area contributed by atoms with E-state index in [0.717, 1.165) is 31.6 Å². The minimum Gasteiger partial charge on any atom is -0.355 e. The molecule has 2 rings (SSSR count). The van der Waals surface area contributed by atoms with Crippen molar-refractivity contribution in [2.24, 2.45) is 11.7 Å². The second-order valence-electron chi connectivity index (χ2n) is 5.88. The molecular formula is C17H26N4O2. The summed E-state index contributed by atoms with van der Waals surface area (Å²) >= 11 is 0. The molecule has 23 heavy (non-hydrogen) atoms. The first-order chi connectivity index (χ1) is 11.2. The first-order valence-corrected chi connectivity index (χ1v) is 8.24. The van der Waals surface area contributed by atoms with Crippen LogP contribution in [0, 0.1) is 5.92 Å². The molecule has 0 aromatic heterocycles. The maximum absolute atomic E-state index is 12.0. The van der Waals surface area contributed by atoms with Gasteiger partial charge in [0.2, 0.25) is 11.8 Å². The summed E-state index contributed by atoms with van der Waals surface area (Å²) in [7, 11) is 0. The molecule has 4 N–H and O–H groups in total. The Morgan fingerprint density at radius 3 is 2.78 bits per heavy atom. The van der Waals surface area contributed by atoms with Gasteiger partial charge in [0.1, 0.15) is 0 Å². The van der Waals surface area contributed by atoms with Crippen molar-refractivity contribution in [3.05, 3.63) is 30.3 Å². The maximum Gasteiger partial charge on any atom is 0.225 e. The topological polar surface area (TPSA) is 87.5 Å². The third kappa shape index (κ3) is 6.00. The van der Waals surface area contributed by atoms with Gasteiger partial charge in [-0.15, -0.1) is 0 Å². The number of hydrogen-bond donors (Lipinski definition) is 3. The van der Waals surface area contributed by atoms with Crippen LogP contribution in [0.4, 0.5) is 5.69 Å². The van der Waals surface area contributed by atoms with Crippen LogP contribution in [0.25, 0.3) is 0 Å². The Morgan fingerprint density at radius 1 is 1.26 bits per heavy atom. The zero-order chi connectivity index (χ0) is 16.5. The smallest absolute Gasteiger partial charge is 0.225 e. The number of benzene rings is 1. The Hall–Kier alpha value is -1.92. The molecule has 6 heteroatoms. The summed E-state index contributed by atoms with van der Waals surface area (Å²) in [6.45, 7) is 3.32. The summed E-state index contributed by atoms with van der Waals surface area (Å²) in [5.41, 5.74) is 6.22. The van der Waals surface area contributed by atoms with Gasteiger partial charge in [0.15, 0.2) is 0 Å². The third-order valence-electron chi connectivity index (χ3n) is 4.03. The second kappa shape index (κ2) is 9.27. The molecule has 2 amide bonds. The Balaban J connectivity index is 1.72. The van der Waals surface area contributed by atoms with Crippen molar-refractivity contribution in [3.63, 3.8) is 0 Å². The largest absolute Gasteiger partial charge is 0.355 e. The Morgan fingerprint density at radius 2 is 2.04 bits per heavy atom. The van der Waals surface area contributed by atoms with E-state index in [9.17, 15) is 9.59 Å². The number of anilines is 1. The first-order valence-electron chi connectivity index (χ1n) is 8.24. The highest BCUT2D eigenvalue weighted by Gasteiger charge is 2.25. The number of nitrogens with two attached hydrogens (primary N) is 1. The summed E-state index contributed by atoms with van der Waals surface area (Å²) in [6.07, 6.45) is 2.33. The fourth-order valence-electron chi connectivity index (χ4n) is 2.82. The predicted molar refractivity (Wildman–Crippen MR) is 90.9 cm³/mol. The van der Waals surface area contributed by atoms with Crippen LogP contribution in [0.3, 0.4) is 0 Å². The molecule has 0 spiro atoms. The van der Waals surface area contributed by atoms with Crippen LogP contribution in [-0.2, 0) is 9.59 Å². The number of rotatable bonds is 7. The van der Waals surface area contributed by atoms with Crippen LogP contribution in [0.15, 0.2) is 30.3 Å². The van der Waals surface area contributed by atoms with Crippen LogP contribution in [0.2, 0.25) is 0 Å². The highest BCUT2D eigenvalue weighted by atomic mass is 16.2. The van der Waals surface area contributed by atoms with Crippen LogP contribution >= 0.6 is 0 Å². The monoisotopic (exact) mass is 318 g/mol. The molecule has 1 saturated heterocycles. The van der Waals surface area contributed by atoms with E-state index < -0.39 is 0 Å². The van der Waals surface area contributed by atoms with E-state index in [4.69, 9.17) is 5.73 Å². The number of carbonyl (C=O) groups excluding carboxylic acids is 2. The van der Waals surface area contributed by atoms with Gasteiger partial charge in [-0.25, -0.2) is 0 Å². The lowest BCUT2D eigenvalue weighted by Gasteiger charge is -2.31. The number of nitrogens with one attached hydrogen (secondary N) is 2. The average molecular weight is 318 g/mol. The lowest BCUT2D eigenvalue weighted by atomic mass is 9.97. The van der Waals surface area contributed by atoms with Crippen molar-refractivity contribution in [1.29, 1.82) is 0 Å². The lowest BCUT2D eigenvalue weighted by molar-refractivity contribution is -0.126. The number of piperidine rings is 1.